The second-order valence-electron chi connectivity index (χ2n) is 5.59. The number of hydrogen-bond donors (Lipinski definition) is 2. The van der Waals surface area contributed by atoms with E-state index in [4.69, 9.17) is 0 Å². The second kappa shape index (κ2) is 5.56. The lowest BCUT2D eigenvalue weighted by molar-refractivity contribution is 0.942. The van der Waals surface area contributed by atoms with Crippen LogP contribution in [0, 0.1) is 7.14 Å². The molecule has 0 saturated heterocycles. The molecule has 0 aliphatic carbocycles. The van der Waals surface area contributed by atoms with Gasteiger partial charge in [-0.1, -0.05) is 6.92 Å². The third-order valence-corrected chi connectivity index (χ3v) is 5.63. The Balaban J connectivity index is 1.90. The van der Waals surface area contributed by atoms with Crippen LogP contribution in [0.15, 0.2) is 48.8 Å². The predicted octanol–water partition coefficient (Wildman–Crippen LogP) is 6.01. The van der Waals surface area contributed by atoms with Gasteiger partial charge >= 0.3 is 0 Å². The molecule has 0 aliphatic heterocycles. The van der Waals surface area contributed by atoms with E-state index in [2.05, 4.69) is 111 Å². The van der Waals surface area contributed by atoms with Gasteiger partial charge in [-0.3, -0.25) is 0 Å². The number of halogens is 2. The molecule has 0 radical (unpaired) electrons. The van der Waals surface area contributed by atoms with Crippen LogP contribution in [-0.4, -0.2) is 9.97 Å². The number of fused-ring (bicyclic) bond motifs is 2. The molecule has 22 heavy (non-hydrogen) atoms. The zero-order valence-electron chi connectivity index (χ0n) is 12.0. The molecule has 2 aromatic carbocycles. The highest BCUT2D eigenvalue weighted by atomic mass is 127. The molecule has 0 atom stereocenters. The minimum Gasteiger partial charge on any atom is -0.361 e. The predicted molar refractivity (Wildman–Crippen MR) is 110 cm³/mol. The summed E-state index contributed by atoms with van der Waals surface area (Å²) in [4.78, 5) is 6.81. The molecule has 2 nitrogen and oxygen atoms in total. The first-order chi connectivity index (χ1) is 10.6. The van der Waals surface area contributed by atoms with Crippen molar-refractivity contribution in [1.29, 1.82) is 0 Å². The maximum Gasteiger partial charge on any atom is 0.0457 e. The monoisotopic (exact) mass is 512 g/mol. The van der Waals surface area contributed by atoms with Crippen molar-refractivity contribution in [3.8, 4) is 0 Å². The minimum absolute atomic E-state index is 0.346. The minimum atomic E-state index is 0.346. The standard InChI is InChI=1S/C18H14I2N2/c1-10(15-8-21-17-4-2-11(19)6-13(15)17)16-9-22-18-5-3-12(20)7-14(16)18/h2-10,21-22H,1H3. The summed E-state index contributed by atoms with van der Waals surface area (Å²) in [6.07, 6.45) is 4.30. The van der Waals surface area contributed by atoms with E-state index in [1.807, 2.05) is 0 Å². The molecule has 4 aromatic rings. The second-order valence-corrected chi connectivity index (χ2v) is 8.08. The van der Waals surface area contributed by atoms with E-state index < -0.39 is 0 Å². The van der Waals surface area contributed by atoms with Crippen molar-refractivity contribution in [3.63, 3.8) is 0 Å². The van der Waals surface area contributed by atoms with Gasteiger partial charge in [0.15, 0.2) is 0 Å². The van der Waals surface area contributed by atoms with Crippen LogP contribution >= 0.6 is 45.2 Å². The van der Waals surface area contributed by atoms with Crippen molar-refractivity contribution in [2.45, 2.75) is 12.8 Å². The molecule has 0 amide bonds. The zero-order chi connectivity index (χ0) is 15.3. The Labute approximate surface area is 156 Å². The van der Waals surface area contributed by atoms with Gasteiger partial charge in [-0.25, -0.2) is 0 Å². The van der Waals surface area contributed by atoms with Crippen LogP contribution in [0.4, 0.5) is 0 Å². The quantitative estimate of drug-likeness (QED) is 0.309. The SMILES string of the molecule is CC(c1c[nH]c2ccc(I)cc12)c1c[nH]c2ccc(I)cc12. The van der Waals surface area contributed by atoms with Crippen molar-refractivity contribution in [2.75, 3.05) is 0 Å². The summed E-state index contributed by atoms with van der Waals surface area (Å²) in [6.45, 7) is 2.28. The molecule has 0 bridgehead atoms. The van der Waals surface area contributed by atoms with Crippen LogP contribution < -0.4 is 0 Å². The number of nitrogens with one attached hydrogen (secondary N) is 2. The van der Waals surface area contributed by atoms with E-state index in [0.29, 0.717) is 5.92 Å². The lowest BCUT2D eigenvalue weighted by atomic mass is 9.92. The van der Waals surface area contributed by atoms with Crippen LogP contribution in [-0.2, 0) is 0 Å². The van der Waals surface area contributed by atoms with Crippen molar-refractivity contribution in [3.05, 3.63) is 67.1 Å². The van der Waals surface area contributed by atoms with Crippen molar-refractivity contribution in [1.82, 2.24) is 9.97 Å². The van der Waals surface area contributed by atoms with E-state index >= 15 is 0 Å². The summed E-state index contributed by atoms with van der Waals surface area (Å²) in [6, 6.07) is 13.1. The van der Waals surface area contributed by atoms with Gasteiger partial charge in [-0.15, -0.1) is 0 Å². The highest BCUT2D eigenvalue weighted by Crippen LogP contribution is 2.35. The van der Waals surface area contributed by atoms with Crippen molar-refractivity contribution >= 4 is 67.0 Å². The van der Waals surface area contributed by atoms with Gasteiger partial charge in [0.25, 0.3) is 0 Å². The fraction of sp³-hybridized carbons (Fsp3) is 0.111. The van der Waals surface area contributed by atoms with E-state index in [9.17, 15) is 0 Å². The Hall–Kier alpha value is -1.02. The number of aromatic amines is 2. The smallest absolute Gasteiger partial charge is 0.0457 e. The summed E-state index contributed by atoms with van der Waals surface area (Å²) in [5.74, 6) is 0.346. The number of rotatable bonds is 2. The highest BCUT2D eigenvalue weighted by Gasteiger charge is 2.17. The fourth-order valence-corrected chi connectivity index (χ4v) is 4.10. The van der Waals surface area contributed by atoms with Crippen LogP contribution in [0.3, 0.4) is 0 Å². The van der Waals surface area contributed by atoms with Crippen LogP contribution in [0.2, 0.25) is 0 Å². The van der Waals surface area contributed by atoms with E-state index in [0.717, 1.165) is 0 Å². The molecule has 4 rings (SSSR count). The Morgan fingerprint density at radius 1 is 0.773 bits per heavy atom. The summed E-state index contributed by atoms with van der Waals surface area (Å²) >= 11 is 4.75. The molecule has 2 aromatic heterocycles. The molecular weight excluding hydrogens is 498 g/mol. The van der Waals surface area contributed by atoms with Gasteiger partial charge in [0, 0.05) is 47.3 Å². The third kappa shape index (κ3) is 2.36. The molecule has 0 unspecified atom stereocenters. The molecule has 0 saturated carbocycles. The van der Waals surface area contributed by atoms with Gasteiger partial charge < -0.3 is 9.97 Å². The average Bonchev–Trinajstić information content (AvgIpc) is 3.09. The van der Waals surface area contributed by atoms with Crippen LogP contribution in [0.5, 0.6) is 0 Å². The summed E-state index contributed by atoms with van der Waals surface area (Å²) in [7, 11) is 0. The lowest BCUT2D eigenvalue weighted by Gasteiger charge is -2.10. The Morgan fingerprint density at radius 3 is 1.68 bits per heavy atom. The molecule has 2 heterocycles. The number of H-pyrrole nitrogens is 2. The number of hydrogen-bond acceptors (Lipinski definition) is 0. The molecular formula is C18H14I2N2. The highest BCUT2D eigenvalue weighted by molar-refractivity contribution is 14.1. The maximum absolute atomic E-state index is 3.40. The molecule has 0 aliphatic rings. The Morgan fingerprint density at radius 2 is 1.23 bits per heavy atom. The normalized spacial score (nSPS) is 11.8. The topological polar surface area (TPSA) is 31.6 Å². The van der Waals surface area contributed by atoms with Gasteiger partial charge in [0.1, 0.15) is 0 Å². The summed E-state index contributed by atoms with van der Waals surface area (Å²) in [5, 5.41) is 2.64. The van der Waals surface area contributed by atoms with E-state index in [1.54, 1.807) is 0 Å². The number of aromatic nitrogens is 2. The molecule has 2 N–H and O–H groups in total. The molecule has 110 valence electrons. The molecule has 4 heteroatoms. The third-order valence-electron chi connectivity index (χ3n) is 4.28. The molecule has 0 spiro atoms. The van der Waals surface area contributed by atoms with Crippen LogP contribution in [0.1, 0.15) is 24.0 Å². The maximum atomic E-state index is 3.40. The van der Waals surface area contributed by atoms with Gasteiger partial charge in [0.2, 0.25) is 0 Å². The largest absolute Gasteiger partial charge is 0.361 e. The van der Waals surface area contributed by atoms with Gasteiger partial charge in [-0.05, 0) is 92.7 Å². The zero-order valence-corrected chi connectivity index (χ0v) is 16.3. The van der Waals surface area contributed by atoms with Crippen molar-refractivity contribution in [2.24, 2.45) is 0 Å². The average molecular weight is 512 g/mol. The first-order valence-electron chi connectivity index (χ1n) is 7.16. The van der Waals surface area contributed by atoms with E-state index in [-0.39, 0.29) is 0 Å². The van der Waals surface area contributed by atoms with Crippen LogP contribution in [0.25, 0.3) is 21.8 Å². The Bertz CT molecular complexity index is 901. The fourth-order valence-electron chi connectivity index (χ4n) is 3.11. The summed E-state index contributed by atoms with van der Waals surface area (Å²) < 4.78 is 2.54. The first kappa shape index (κ1) is 14.6. The lowest BCUT2D eigenvalue weighted by Crippen LogP contribution is -1.94. The Kier molecular flexibility index (Phi) is 3.68. The summed E-state index contributed by atoms with van der Waals surface area (Å²) in [5.41, 5.74) is 5.12. The van der Waals surface area contributed by atoms with Crippen molar-refractivity contribution < 1.29 is 0 Å². The van der Waals surface area contributed by atoms with E-state index in [1.165, 1.54) is 40.1 Å². The number of benzene rings is 2. The molecule has 0 fully saturated rings. The van der Waals surface area contributed by atoms with Gasteiger partial charge in [0.05, 0.1) is 0 Å². The first-order valence-corrected chi connectivity index (χ1v) is 9.32. The van der Waals surface area contributed by atoms with Gasteiger partial charge in [-0.2, -0.15) is 0 Å².